The number of H-pyrrole nitrogens is 1. The molecule has 1 aromatic heterocycles. The molecule has 2 aromatic rings. The highest BCUT2D eigenvalue weighted by Crippen LogP contribution is 2.21. The molecule has 0 saturated carbocycles. The molecule has 20 heavy (non-hydrogen) atoms. The summed E-state index contributed by atoms with van der Waals surface area (Å²) >= 11 is 0. The first-order valence-corrected chi connectivity index (χ1v) is 6.89. The highest BCUT2D eigenvalue weighted by atomic mass is 16.1. The van der Waals surface area contributed by atoms with Crippen LogP contribution in [0.15, 0.2) is 35.1 Å². The standard InChI is InChI=1S/C17H18N2O/c1-3-4-5-13-6-8-14(9-7-13)16-12(2)10-15(11-18)17(20)19-16/h6-10H,3-5H2,1-2H3,(H,19,20). The lowest BCUT2D eigenvalue weighted by Gasteiger charge is -2.07. The Bertz CT molecular complexity index is 690. The molecule has 2 rings (SSSR count). The van der Waals surface area contributed by atoms with Crippen molar-refractivity contribution in [3.8, 4) is 17.3 Å². The molecule has 0 aliphatic carbocycles. The topological polar surface area (TPSA) is 56.6 Å². The fraction of sp³-hybridized carbons (Fsp3) is 0.294. The summed E-state index contributed by atoms with van der Waals surface area (Å²) in [5.41, 5.74) is 3.81. The predicted molar refractivity (Wildman–Crippen MR) is 80.6 cm³/mol. The van der Waals surface area contributed by atoms with Gasteiger partial charge in [-0.3, -0.25) is 4.79 Å². The highest BCUT2D eigenvalue weighted by molar-refractivity contribution is 5.63. The van der Waals surface area contributed by atoms with Crippen LogP contribution in [0.25, 0.3) is 11.3 Å². The number of nitrogens with zero attached hydrogens (tertiary/aromatic N) is 1. The maximum absolute atomic E-state index is 11.7. The minimum atomic E-state index is -0.330. The Balaban J connectivity index is 2.35. The maximum Gasteiger partial charge on any atom is 0.266 e. The SMILES string of the molecule is CCCCc1ccc(-c2[nH]c(=O)c(C#N)cc2C)cc1. The Morgan fingerprint density at radius 2 is 1.95 bits per heavy atom. The second-order valence-corrected chi connectivity index (χ2v) is 4.98. The number of hydrogen-bond donors (Lipinski definition) is 1. The van der Waals surface area contributed by atoms with Gasteiger partial charge in [0.15, 0.2) is 0 Å². The molecule has 0 saturated heterocycles. The van der Waals surface area contributed by atoms with Crippen LogP contribution < -0.4 is 5.56 Å². The van der Waals surface area contributed by atoms with Crippen molar-refractivity contribution in [2.75, 3.05) is 0 Å². The number of aromatic amines is 1. The first kappa shape index (κ1) is 14.1. The normalized spacial score (nSPS) is 10.2. The van der Waals surface area contributed by atoms with E-state index < -0.39 is 0 Å². The number of nitrogens with one attached hydrogen (secondary N) is 1. The number of aryl methyl sites for hydroxylation is 2. The van der Waals surface area contributed by atoms with Crippen LogP contribution >= 0.6 is 0 Å². The van der Waals surface area contributed by atoms with Gasteiger partial charge in [-0.25, -0.2) is 0 Å². The van der Waals surface area contributed by atoms with E-state index >= 15 is 0 Å². The van der Waals surface area contributed by atoms with Crippen molar-refractivity contribution in [3.63, 3.8) is 0 Å². The second-order valence-electron chi connectivity index (χ2n) is 4.98. The lowest BCUT2D eigenvalue weighted by Crippen LogP contribution is -2.11. The van der Waals surface area contributed by atoms with Gasteiger partial charge in [0.05, 0.1) is 5.69 Å². The summed E-state index contributed by atoms with van der Waals surface area (Å²) in [6.45, 7) is 4.08. The third-order valence-electron chi connectivity index (χ3n) is 3.42. The van der Waals surface area contributed by atoms with Gasteiger partial charge in [-0.05, 0) is 42.5 Å². The number of rotatable bonds is 4. The molecule has 1 N–H and O–H groups in total. The Morgan fingerprint density at radius 3 is 2.55 bits per heavy atom. The van der Waals surface area contributed by atoms with Crippen molar-refractivity contribution in [3.05, 3.63) is 57.4 Å². The van der Waals surface area contributed by atoms with Gasteiger partial charge in [0, 0.05) is 0 Å². The molecule has 0 aliphatic heterocycles. The monoisotopic (exact) mass is 266 g/mol. The highest BCUT2D eigenvalue weighted by Gasteiger charge is 2.07. The molecule has 0 unspecified atom stereocenters. The molecule has 1 heterocycles. The Kier molecular flexibility index (Phi) is 4.37. The zero-order chi connectivity index (χ0) is 14.5. The first-order chi connectivity index (χ1) is 9.65. The fourth-order valence-electron chi connectivity index (χ4n) is 2.24. The summed E-state index contributed by atoms with van der Waals surface area (Å²) < 4.78 is 0. The number of hydrogen-bond acceptors (Lipinski definition) is 2. The molecule has 0 spiro atoms. The van der Waals surface area contributed by atoms with Gasteiger partial charge in [-0.1, -0.05) is 37.6 Å². The van der Waals surface area contributed by atoms with Gasteiger partial charge in [0.1, 0.15) is 11.6 Å². The lowest BCUT2D eigenvalue weighted by atomic mass is 10.0. The zero-order valence-corrected chi connectivity index (χ0v) is 11.9. The van der Waals surface area contributed by atoms with Crippen LogP contribution in [0.4, 0.5) is 0 Å². The molecule has 102 valence electrons. The van der Waals surface area contributed by atoms with Crippen LogP contribution in [0.2, 0.25) is 0 Å². The van der Waals surface area contributed by atoms with Crippen LogP contribution in [0, 0.1) is 18.3 Å². The summed E-state index contributed by atoms with van der Waals surface area (Å²) in [5.74, 6) is 0. The molecular weight excluding hydrogens is 248 g/mol. The van der Waals surface area contributed by atoms with E-state index in [-0.39, 0.29) is 11.1 Å². The zero-order valence-electron chi connectivity index (χ0n) is 11.9. The fourth-order valence-corrected chi connectivity index (χ4v) is 2.24. The first-order valence-electron chi connectivity index (χ1n) is 6.89. The number of unbranched alkanes of at least 4 members (excludes halogenated alkanes) is 1. The largest absolute Gasteiger partial charge is 0.321 e. The predicted octanol–water partition coefficient (Wildman–Crippen LogP) is 3.56. The van der Waals surface area contributed by atoms with Crippen molar-refractivity contribution < 1.29 is 0 Å². The average Bonchev–Trinajstić information content (AvgIpc) is 2.47. The molecule has 0 atom stereocenters. The van der Waals surface area contributed by atoms with Gasteiger partial charge >= 0.3 is 0 Å². The van der Waals surface area contributed by atoms with Crippen molar-refractivity contribution in [2.24, 2.45) is 0 Å². The molecule has 0 aliphatic rings. The van der Waals surface area contributed by atoms with Gasteiger partial charge < -0.3 is 4.98 Å². The molecule has 0 radical (unpaired) electrons. The average molecular weight is 266 g/mol. The Hall–Kier alpha value is -2.34. The summed E-state index contributed by atoms with van der Waals surface area (Å²) in [4.78, 5) is 14.5. The quantitative estimate of drug-likeness (QED) is 0.919. The van der Waals surface area contributed by atoms with Gasteiger partial charge in [0.2, 0.25) is 0 Å². The van der Waals surface area contributed by atoms with Crippen LogP contribution in [0.3, 0.4) is 0 Å². The van der Waals surface area contributed by atoms with Gasteiger partial charge in [-0.15, -0.1) is 0 Å². The van der Waals surface area contributed by atoms with Gasteiger partial charge in [0.25, 0.3) is 5.56 Å². The summed E-state index contributed by atoms with van der Waals surface area (Å²) in [5, 5.41) is 8.85. The third-order valence-corrected chi connectivity index (χ3v) is 3.42. The van der Waals surface area contributed by atoms with Crippen molar-refractivity contribution >= 4 is 0 Å². The Labute approximate surface area is 118 Å². The summed E-state index contributed by atoms with van der Waals surface area (Å²) in [6, 6.07) is 11.8. The van der Waals surface area contributed by atoms with Gasteiger partial charge in [-0.2, -0.15) is 5.26 Å². The van der Waals surface area contributed by atoms with Crippen LogP contribution in [0.5, 0.6) is 0 Å². The lowest BCUT2D eigenvalue weighted by molar-refractivity contribution is 0.795. The number of benzene rings is 1. The Morgan fingerprint density at radius 1 is 1.25 bits per heavy atom. The second kappa shape index (κ2) is 6.21. The minimum absolute atomic E-state index is 0.158. The van der Waals surface area contributed by atoms with Crippen molar-refractivity contribution in [2.45, 2.75) is 33.1 Å². The number of aromatic nitrogens is 1. The molecule has 0 amide bonds. The summed E-state index contributed by atoms with van der Waals surface area (Å²) in [7, 11) is 0. The molecule has 0 bridgehead atoms. The van der Waals surface area contributed by atoms with E-state index in [0.29, 0.717) is 0 Å². The van der Waals surface area contributed by atoms with Crippen LogP contribution in [0.1, 0.15) is 36.5 Å². The van der Waals surface area contributed by atoms with E-state index in [4.69, 9.17) is 5.26 Å². The maximum atomic E-state index is 11.7. The third kappa shape index (κ3) is 2.97. The van der Waals surface area contributed by atoms with E-state index in [1.165, 1.54) is 18.4 Å². The summed E-state index contributed by atoms with van der Waals surface area (Å²) in [6.07, 6.45) is 3.45. The van der Waals surface area contributed by atoms with E-state index in [2.05, 4.69) is 24.0 Å². The van der Waals surface area contributed by atoms with Crippen molar-refractivity contribution in [1.29, 1.82) is 5.26 Å². The molecule has 3 nitrogen and oxygen atoms in total. The van der Waals surface area contributed by atoms with E-state index in [0.717, 1.165) is 23.2 Å². The number of nitriles is 1. The van der Waals surface area contributed by atoms with E-state index in [1.54, 1.807) is 6.07 Å². The molecular formula is C17H18N2O. The van der Waals surface area contributed by atoms with E-state index in [9.17, 15) is 4.79 Å². The molecule has 0 fully saturated rings. The van der Waals surface area contributed by atoms with Crippen molar-refractivity contribution in [1.82, 2.24) is 4.98 Å². The molecule has 3 heteroatoms. The number of pyridine rings is 1. The van der Waals surface area contributed by atoms with E-state index in [1.807, 2.05) is 25.1 Å². The minimum Gasteiger partial charge on any atom is -0.321 e. The molecule has 1 aromatic carbocycles. The smallest absolute Gasteiger partial charge is 0.266 e. The van der Waals surface area contributed by atoms with Crippen LogP contribution in [-0.4, -0.2) is 4.98 Å². The van der Waals surface area contributed by atoms with Crippen LogP contribution in [-0.2, 0) is 6.42 Å².